The van der Waals surface area contributed by atoms with Gasteiger partial charge in [0.15, 0.2) is 5.69 Å². The van der Waals surface area contributed by atoms with Crippen LogP contribution in [0.4, 0.5) is 13.2 Å². The summed E-state index contributed by atoms with van der Waals surface area (Å²) in [6.45, 7) is 1.90. The van der Waals surface area contributed by atoms with Crippen LogP contribution >= 0.6 is 0 Å². The number of benzene rings is 1. The molecule has 1 aromatic carbocycles. The molecular weight excluding hydrogens is 335 g/mol. The lowest BCUT2D eigenvalue weighted by Gasteiger charge is -2.16. The molecule has 0 unspecified atom stereocenters. The first-order valence-electron chi connectivity index (χ1n) is 7.83. The summed E-state index contributed by atoms with van der Waals surface area (Å²) in [6, 6.07) is 6.01. The zero-order chi connectivity index (χ0) is 18.2. The van der Waals surface area contributed by atoms with Gasteiger partial charge >= 0.3 is 6.18 Å². The summed E-state index contributed by atoms with van der Waals surface area (Å²) in [4.78, 5) is 24.2. The van der Waals surface area contributed by atoms with E-state index in [4.69, 9.17) is 0 Å². The minimum absolute atomic E-state index is 0.209. The Balaban J connectivity index is 2.04. The van der Waals surface area contributed by atoms with Crippen LogP contribution in [0.15, 0.2) is 35.1 Å². The largest absolute Gasteiger partial charge is 0.418 e. The Bertz CT molecular complexity index is 870. The number of halogens is 3. The van der Waals surface area contributed by atoms with E-state index >= 15 is 0 Å². The molecule has 1 aromatic heterocycles. The molecule has 1 fully saturated rings. The molecule has 1 amide bonds. The molecule has 0 aliphatic heterocycles. The molecule has 132 valence electrons. The van der Waals surface area contributed by atoms with Crippen molar-refractivity contribution in [1.29, 1.82) is 0 Å². The smallest absolute Gasteiger partial charge is 0.350 e. The Morgan fingerprint density at radius 3 is 2.64 bits per heavy atom. The molecule has 0 bridgehead atoms. The van der Waals surface area contributed by atoms with Gasteiger partial charge in [-0.3, -0.25) is 9.59 Å². The maximum absolute atomic E-state index is 13.2. The number of hydrogen-bond donors (Lipinski definition) is 1. The van der Waals surface area contributed by atoms with Gasteiger partial charge in [0, 0.05) is 18.3 Å². The van der Waals surface area contributed by atoms with Crippen molar-refractivity contribution in [2.45, 2.75) is 25.9 Å². The molecule has 0 saturated heterocycles. The Labute approximate surface area is 141 Å². The van der Waals surface area contributed by atoms with Crippen LogP contribution in [-0.2, 0) is 6.18 Å². The van der Waals surface area contributed by atoms with Gasteiger partial charge in [0.2, 0.25) is 5.43 Å². The quantitative estimate of drug-likeness (QED) is 0.921. The molecule has 1 heterocycles. The van der Waals surface area contributed by atoms with Crippen molar-refractivity contribution in [1.82, 2.24) is 15.1 Å². The van der Waals surface area contributed by atoms with Crippen LogP contribution in [0.25, 0.3) is 5.69 Å². The lowest BCUT2D eigenvalue weighted by atomic mass is 10.1. The number of aryl methyl sites for hydroxylation is 1. The molecule has 1 aliphatic carbocycles. The van der Waals surface area contributed by atoms with Gasteiger partial charge < -0.3 is 5.32 Å². The van der Waals surface area contributed by atoms with E-state index in [0.29, 0.717) is 12.5 Å². The van der Waals surface area contributed by atoms with Crippen molar-refractivity contribution in [3.8, 4) is 5.69 Å². The lowest BCUT2D eigenvalue weighted by molar-refractivity contribution is -0.137. The standard InChI is InChI=1S/C17H16F3N3O2/c1-10-8-14(24)15(16(25)21-9-11-6-7-11)22-23(10)13-5-3-2-4-12(13)17(18,19)20/h2-5,8,11H,6-7,9H2,1H3,(H,21,25). The number of carbonyl (C=O) groups excluding carboxylic acids is 1. The number of rotatable bonds is 4. The highest BCUT2D eigenvalue weighted by Crippen LogP contribution is 2.33. The number of carbonyl (C=O) groups is 1. The third-order valence-electron chi connectivity index (χ3n) is 4.01. The van der Waals surface area contributed by atoms with Crippen molar-refractivity contribution in [3.63, 3.8) is 0 Å². The Kier molecular flexibility index (Phi) is 4.36. The van der Waals surface area contributed by atoms with Gasteiger partial charge in [-0.05, 0) is 37.8 Å². The van der Waals surface area contributed by atoms with E-state index in [-0.39, 0.29) is 11.4 Å². The third kappa shape index (κ3) is 3.72. The van der Waals surface area contributed by atoms with Crippen molar-refractivity contribution in [2.24, 2.45) is 5.92 Å². The van der Waals surface area contributed by atoms with E-state index in [0.717, 1.165) is 29.7 Å². The van der Waals surface area contributed by atoms with E-state index in [2.05, 4.69) is 10.4 Å². The predicted molar refractivity (Wildman–Crippen MR) is 84.6 cm³/mol. The number of para-hydroxylation sites is 1. The van der Waals surface area contributed by atoms with Gasteiger partial charge in [0.05, 0.1) is 11.3 Å². The summed E-state index contributed by atoms with van der Waals surface area (Å²) in [5, 5.41) is 6.51. The number of nitrogens with one attached hydrogen (secondary N) is 1. The molecule has 1 saturated carbocycles. The normalized spacial score (nSPS) is 14.4. The van der Waals surface area contributed by atoms with E-state index in [1.54, 1.807) is 0 Å². The summed E-state index contributed by atoms with van der Waals surface area (Å²) >= 11 is 0. The van der Waals surface area contributed by atoms with E-state index in [1.165, 1.54) is 25.1 Å². The second-order valence-electron chi connectivity index (χ2n) is 6.08. The maximum atomic E-state index is 13.2. The molecule has 25 heavy (non-hydrogen) atoms. The highest BCUT2D eigenvalue weighted by molar-refractivity contribution is 5.92. The predicted octanol–water partition coefficient (Wildman–Crippen LogP) is 2.70. The summed E-state index contributed by atoms with van der Waals surface area (Å²) in [6.07, 6.45) is -2.54. The van der Waals surface area contributed by atoms with Crippen molar-refractivity contribution >= 4 is 5.91 Å². The molecular formula is C17H16F3N3O2. The van der Waals surface area contributed by atoms with Gasteiger partial charge in [0.25, 0.3) is 5.91 Å². The first-order chi connectivity index (χ1) is 11.8. The molecule has 8 heteroatoms. The van der Waals surface area contributed by atoms with Crippen LogP contribution in [0.3, 0.4) is 0 Å². The van der Waals surface area contributed by atoms with E-state index < -0.39 is 28.8 Å². The Morgan fingerprint density at radius 1 is 1.32 bits per heavy atom. The molecule has 0 spiro atoms. The molecule has 1 N–H and O–H groups in total. The summed E-state index contributed by atoms with van der Waals surface area (Å²) < 4.78 is 40.7. The maximum Gasteiger partial charge on any atom is 0.418 e. The fraction of sp³-hybridized carbons (Fsp3) is 0.353. The second kappa shape index (κ2) is 6.34. The van der Waals surface area contributed by atoms with Crippen molar-refractivity contribution < 1.29 is 18.0 Å². The van der Waals surface area contributed by atoms with Crippen LogP contribution in [0.2, 0.25) is 0 Å². The van der Waals surface area contributed by atoms with Crippen LogP contribution < -0.4 is 10.7 Å². The van der Waals surface area contributed by atoms with Gasteiger partial charge in [0.1, 0.15) is 0 Å². The van der Waals surface area contributed by atoms with Crippen LogP contribution in [0, 0.1) is 12.8 Å². The average Bonchev–Trinajstić information content (AvgIpc) is 3.36. The van der Waals surface area contributed by atoms with Gasteiger partial charge in [-0.2, -0.15) is 18.3 Å². The molecule has 2 aromatic rings. The summed E-state index contributed by atoms with van der Waals surface area (Å²) in [7, 11) is 0. The zero-order valence-corrected chi connectivity index (χ0v) is 13.4. The highest BCUT2D eigenvalue weighted by Gasteiger charge is 2.34. The van der Waals surface area contributed by atoms with Crippen LogP contribution in [0.1, 0.15) is 34.6 Å². The highest BCUT2D eigenvalue weighted by atomic mass is 19.4. The Morgan fingerprint density at radius 2 is 2.00 bits per heavy atom. The number of nitrogens with zero attached hydrogens (tertiary/aromatic N) is 2. The molecule has 5 nitrogen and oxygen atoms in total. The van der Waals surface area contributed by atoms with E-state index in [1.807, 2.05) is 0 Å². The van der Waals surface area contributed by atoms with Crippen LogP contribution in [0.5, 0.6) is 0 Å². The fourth-order valence-electron chi connectivity index (χ4n) is 2.49. The van der Waals surface area contributed by atoms with E-state index in [9.17, 15) is 22.8 Å². The minimum Gasteiger partial charge on any atom is -0.350 e. The number of hydrogen-bond acceptors (Lipinski definition) is 3. The molecule has 1 aliphatic rings. The number of alkyl halides is 3. The van der Waals surface area contributed by atoms with Crippen molar-refractivity contribution in [3.05, 3.63) is 57.5 Å². The van der Waals surface area contributed by atoms with Crippen molar-refractivity contribution in [2.75, 3.05) is 6.54 Å². The lowest BCUT2D eigenvalue weighted by Crippen LogP contribution is -2.33. The second-order valence-corrected chi connectivity index (χ2v) is 6.08. The zero-order valence-electron chi connectivity index (χ0n) is 13.4. The van der Waals surface area contributed by atoms with Gasteiger partial charge in [-0.1, -0.05) is 12.1 Å². The monoisotopic (exact) mass is 351 g/mol. The SMILES string of the molecule is Cc1cc(=O)c(C(=O)NCC2CC2)nn1-c1ccccc1C(F)(F)F. The molecule has 3 rings (SSSR count). The Hall–Kier alpha value is -2.64. The molecule has 0 atom stereocenters. The topological polar surface area (TPSA) is 64.0 Å². The summed E-state index contributed by atoms with van der Waals surface area (Å²) in [5.74, 6) is -0.266. The average molecular weight is 351 g/mol. The van der Waals surface area contributed by atoms with Crippen LogP contribution in [-0.4, -0.2) is 22.2 Å². The van der Waals surface area contributed by atoms with Gasteiger partial charge in [-0.25, -0.2) is 4.68 Å². The fourth-order valence-corrected chi connectivity index (χ4v) is 2.49. The summed E-state index contributed by atoms with van der Waals surface area (Å²) in [5.41, 5.74) is -1.95. The third-order valence-corrected chi connectivity index (χ3v) is 4.01. The van der Waals surface area contributed by atoms with Gasteiger partial charge in [-0.15, -0.1) is 0 Å². The molecule has 0 radical (unpaired) electrons. The first kappa shape index (κ1) is 17.2. The number of aromatic nitrogens is 2. The number of amides is 1. The first-order valence-corrected chi connectivity index (χ1v) is 7.83. The minimum atomic E-state index is -4.58.